The molecule has 1 aliphatic heterocycles. The first-order valence-corrected chi connectivity index (χ1v) is 8.03. The molecule has 24 heavy (non-hydrogen) atoms. The van der Waals surface area contributed by atoms with Crippen LogP contribution in [-0.2, 0) is 16.1 Å². The van der Waals surface area contributed by atoms with Crippen molar-refractivity contribution in [1.29, 1.82) is 0 Å². The van der Waals surface area contributed by atoms with Crippen LogP contribution >= 0.6 is 0 Å². The highest BCUT2D eigenvalue weighted by atomic mass is 19.1. The molecule has 1 aromatic heterocycles. The predicted octanol–water partition coefficient (Wildman–Crippen LogP) is 1.38. The molecule has 3 N–H and O–H groups in total. The lowest BCUT2D eigenvalue weighted by Crippen LogP contribution is -2.46. The number of rotatable bonds is 5. The molecule has 0 radical (unpaired) electrons. The second-order valence-electron chi connectivity index (χ2n) is 5.95. The number of hydrogen-bond donors (Lipinski definition) is 2. The number of benzene rings is 1. The summed E-state index contributed by atoms with van der Waals surface area (Å²) < 4.78 is 21.1. The Morgan fingerprint density at radius 3 is 2.92 bits per heavy atom. The van der Waals surface area contributed by atoms with Crippen LogP contribution in [0.2, 0.25) is 0 Å². The zero-order chi connectivity index (χ0) is 16.9. The number of halogens is 1. The molecule has 0 spiro atoms. The fourth-order valence-corrected chi connectivity index (χ4v) is 2.87. The molecule has 1 aromatic carbocycles. The molecule has 2 heterocycles. The van der Waals surface area contributed by atoms with Crippen LogP contribution < -0.4 is 11.1 Å². The van der Waals surface area contributed by atoms with Crippen LogP contribution in [0.15, 0.2) is 36.9 Å². The minimum absolute atomic E-state index is 0.138. The molecule has 6 nitrogen and oxygen atoms in total. The lowest BCUT2D eigenvalue weighted by atomic mass is 9.92. The molecular weight excluding hydrogens is 311 g/mol. The van der Waals surface area contributed by atoms with Gasteiger partial charge in [-0.1, -0.05) is 6.07 Å². The average molecular weight is 332 g/mol. The molecule has 128 valence electrons. The number of nitrogens with one attached hydrogen (secondary N) is 1. The Morgan fingerprint density at radius 2 is 2.25 bits per heavy atom. The summed E-state index contributed by atoms with van der Waals surface area (Å²) in [6, 6.07) is 4.30. The molecular formula is C17H21FN4O2. The number of nitrogens with two attached hydrogens (primary N) is 1. The average Bonchev–Trinajstić information content (AvgIpc) is 3.14. The van der Waals surface area contributed by atoms with E-state index in [1.165, 1.54) is 12.4 Å². The molecule has 3 rings (SSSR count). The Balaban J connectivity index is 1.58. The van der Waals surface area contributed by atoms with Crippen molar-refractivity contribution in [3.63, 3.8) is 0 Å². The van der Waals surface area contributed by atoms with Crippen LogP contribution in [-0.4, -0.2) is 34.7 Å². The first-order chi connectivity index (χ1) is 11.6. The van der Waals surface area contributed by atoms with Gasteiger partial charge in [-0.25, -0.2) is 9.37 Å². The van der Waals surface area contributed by atoms with Crippen LogP contribution in [0.25, 0.3) is 5.69 Å². The van der Waals surface area contributed by atoms with Gasteiger partial charge >= 0.3 is 0 Å². The van der Waals surface area contributed by atoms with Crippen LogP contribution in [0.4, 0.5) is 4.39 Å². The maximum atomic E-state index is 14.2. The quantitative estimate of drug-likeness (QED) is 0.867. The van der Waals surface area contributed by atoms with E-state index in [1.807, 2.05) is 0 Å². The first kappa shape index (κ1) is 16.6. The summed E-state index contributed by atoms with van der Waals surface area (Å²) >= 11 is 0. The van der Waals surface area contributed by atoms with E-state index in [0.29, 0.717) is 24.5 Å². The number of amides is 1. The highest BCUT2D eigenvalue weighted by Gasteiger charge is 2.26. The number of hydrogen-bond acceptors (Lipinski definition) is 4. The monoisotopic (exact) mass is 332 g/mol. The van der Waals surface area contributed by atoms with E-state index in [2.05, 4.69) is 10.3 Å². The van der Waals surface area contributed by atoms with E-state index < -0.39 is 6.04 Å². The van der Waals surface area contributed by atoms with E-state index in [-0.39, 0.29) is 24.2 Å². The van der Waals surface area contributed by atoms with Crippen molar-refractivity contribution < 1.29 is 13.9 Å². The molecule has 2 aromatic rings. The summed E-state index contributed by atoms with van der Waals surface area (Å²) in [6.45, 7) is 1.54. The molecule has 1 fully saturated rings. The molecule has 7 heteroatoms. The first-order valence-electron chi connectivity index (χ1n) is 8.03. The lowest BCUT2D eigenvalue weighted by Gasteiger charge is -2.26. The maximum Gasteiger partial charge on any atom is 0.237 e. The SMILES string of the molecule is NC(C(=O)NCc1ccc(-n2ccnc2)c(F)c1)C1CCOCC1. The third-order valence-electron chi connectivity index (χ3n) is 4.34. The summed E-state index contributed by atoms with van der Waals surface area (Å²) in [5.74, 6) is -0.437. The molecule has 1 atom stereocenters. The van der Waals surface area contributed by atoms with Crippen LogP contribution in [0.5, 0.6) is 0 Å². The largest absolute Gasteiger partial charge is 0.381 e. The normalized spacial score (nSPS) is 16.8. The maximum absolute atomic E-state index is 14.2. The highest BCUT2D eigenvalue weighted by molar-refractivity contribution is 5.81. The molecule has 0 aliphatic carbocycles. The Kier molecular flexibility index (Phi) is 5.22. The third kappa shape index (κ3) is 3.80. The van der Waals surface area contributed by atoms with Crippen molar-refractivity contribution in [2.75, 3.05) is 13.2 Å². The van der Waals surface area contributed by atoms with Gasteiger partial charge in [-0.2, -0.15) is 0 Å². The van der Waals surface area contributed by atoms with E-state index in [0.717, 1.165) is 12.8 Å². The van der Waals surface area contributed by atoms with Gasteiger partial charge in [0.25, 0.3) is 0 Å². The summed E-state index contributed by atoms with van der Waals surface area (Å²) in [5.41, 5.74) is 7.12. The Morgan fingerprint density at radius 1 is 1.46 bits per heavy atom. The van der Waals surface area contributed by atoms with Gasteiger partial charge in [-0.05, 0) is 36.5 Å². The van der Waals surface area contributed by atoms with Gasteiger partial charge in [0.15, 0.2) is 0 Å². The van der Waals surface area contributed by atoms with Crippen molar-refractivity contribution in [3.05, 3.63) is 48.3 Å². The summed E-state index contributed by atoms with van der Waals surface area (Å²) in [4.78, 5) is 16.1. The van der Waals surface area contributed by atoms with Gasteiger partial charge in [-0.15, -0.1) is 0 Å². The zero-order valence-corrected chi connectivity index (χ0v) is 13.3. The second-order valence-corrected chi connectivity index (χ2v) is 5.95. The van der Waals surface area contributed by atoms with E-state index in [1.54, 1.807) is 29.1 Å². The van der Waals surface area contributed by atoms with Gasteiger partial charge < -0.3 is 20.4 Å². The van der Waals surface area contributed by atoms with Crippen molar-refractivity contribution in [2.24, 2.45) is 11.7 Å². The van der Waals surface area contributed by atoms with E-state index in [4.69, 9.17) is 10.5 Å². The number of nitrogens with zero attached hydrogens (tertiary/aromatic N) is 2. The summed E-state index contributed by atoms with van der Waals surface area (Å²) in [6.07, 6.45) is 6.39. The number of carbonyl (C=O) groups is 1. The standard InChI is InChI=1S/C17H21FN4O2/c18-14-9-12(1-2-15(14)22-6-5-20-11-22)10-21-17(23)16(19)13-3-7-24-8-4-13/h1-2,5-6,9,11,13,16H,3-4,7-8,10,19H2,(H,21,23). The number of imidazole rings is 1. The van der Waals surface area contributed by atoms with Crippen molar-refractivity contribution >= 4 is 5.91 Å². The summed E-state index contributed by atoms with van der Waals surface area (Å²) in [7, 11) is 0. The lowest BCUT2D eigenvalue weighted by molar-refractivity contribution is -0.124. The molecule has 0 saturated carbocycles. The van der Waals surface area contributed by atoms with Crippen LogP contribution in [0.1, 0.15) is 18.4 Å². The Bertz CT molecular complexity index is 684. The highest BCUT2D eigenvalue weighted by Crippen LogP contribution is 2.18. The van der Waals surface area contributed by atoms with Crippen LogP contribution in [0, 0.1) is 11.7 Å². The van der Waals surface area contributed by atoms with Crippen molar-refractivity contribution in [2.45, 2.75) is 25.4 Å². The minimum Gasteiger partial charge on any atom is -0.381 e. The van der Waals surface area contributed by atoms with Gasteiger partial charge in [-0.3, -0.25) is 4.79 Å². The Labute approximate surface area is 139 Å². The number of carbonyl (C=O) groups excluding carboxylic acids is 1. The predicted molar refractivity (Wildman–Crippen MR) is 86.9 cm³/mol. The Hall–Kier alpha value is -2.25. The fourth-order valence-electron chi connectivity index (χ4n) is 2.87. The van der Waals surface area contributed by atoms with Gasteiger partial charge in [0, 0.05) is 32.2 Å². The van der Waals surface area contributed by atoms with Crippen molar-refractivity contribution in [1.82, 2.24) is 14.9 Å². The fraction of sp³-hybridized carbons (Fsp3) is 0.412. The van der Waals surface area contributed by atoms with E-state index >= 15 is 0 Å². The van der Waals surface area contributed by atoms with Crippen molar-refractivity contribution in [3.8, 4) is 5.69 Å². The van der Waals surface area contributed by atoms with Gasteiger partial charge in [0.2, 0.25) is 5.91 Å². The third-order valence-corrected chi connectivity index (χ3v) is 4.34. The molecule has 0 bridgehead atoms. The second kappa shape index (κ2) is 7.55. The molecule has 1 amide bonds. The van der Waals surface area contributed by atoms with Crippen LogP contribution in [0.3, 0.4) is 0 Å². The van der Waals surface area contributed by atoms with Gasteiger partial charge in [0.05, 0.1) is 18.1 Å². The number of ether oxygens (including phenoxy) is 1. The topological polar surface area (TPSA) is 82.2 Å². The summed E-state index contributed by atoms with van der Waals surface area (Å²) in [5, 5.41) is 2.79. The number of aromatic nitrogens is 2. The van der Waals surface area contributed by atoms with Gasteiger partial charge in [0.1, 0.15) is 5.82 Å². The molecule has 1 saturated heterocycles. The smallest absolute Gasteiger partial charge is 0.237 e. The molecule has 1 aliphatic rings. The molecule has 1 unspecified atom stereocenters. The minimum atomic E-state index is -0.552. The van der Waals surface area contributed by atoms with E-state index in [9.17, 15) is 9.18 Å². The zero-order valence-electron chi connectivity index (χ0n) is 13.3.